The first-order valence-electron chi connectivity index (χ1n) is 7.64. The topological polar surface area (TPSA) is 81.6 Å². The van der Waals surface area contributed by atoms with E-state index in [0.29, 0.717) is 12.4 Å². The summed E-state index contributed by atoms with van der Waals surface area (Å²) >= 11 is 0. The summed E-state index contributed by atoms with van der Waals surface area (Å²) < 4.78 is 1.80. The first-order chi connectivity index (χ1) is 11.8. The molecule has 4 rings (SSSR count). The lowest BCUT2D eigenvalue weighted by Crippen LogP contribution is -2.04. The van der Waals surface area contributed by atoms with Crippen molar-refractivity contribution < 1.29 is 0 Å². The Hall–Kier alpha value is -3.41. The van der Waals surface area contributed by atoms with E-state index in [0.717, 1.165) is 28.0 Å². The van der Waals surface area contributed by atoms with E-state index in [2.05, 4.69) is 20.4 Å². The molecule has 3 N–H and O–H groups in total. The van der Waals surface area contributed by atoms with Gasteiger partial charge >= 0.3 is 0 Å². The largest absolute Gasteiger partial charge is 0.384 e. The fourth-order valence-electron chi connectivity index (χ4n) is 2.64. The van der Waals surface area contributed by atoms with Crippen LogP contribution in [0.5, 0.6) is 0 Å². The first-order valence-corrected chi connectivity index (χ1v) is 7.64. The third-order valence-electron chi connectivity index (χ3n) is 3.77. The van der Waals surface area contributed by atoms with Crippen LogP contribution in [0.4, 0.5) is 11.5 Å². The smallest absolute Gasteiger partial charge is 0.126 e. The second-order valence-corrected chi connectivity index (χ2v) is 5.42. The number of nitrogens with two attached hydrogens (primary N) is 1. The van der Waals surface area contributed by atoms with E-state index in [1.54, 1.807) is 17.1 Å². The zero-order valence-electron chi connectivity index (χ0n) is 12.9. The molecule has 0 saturated carbocycles. The van der Waals surface area contributed by atoms with Crippen molar-refractivity contribution >= 4 is 22.4 Å². The number of hydrogen-bond acceptors (Lipinski definition) is 5. The highest BCUT2D eigenvalue weighted by molar-refractivity contribution is 5.93. The van der Waals surface area contributed by atoms with Gasteiger partial charge in [-0.2, -0.15) is 5.10 Å². The van der Waals surface area contributed by atoms with Crippen molar-refractivity contribution in [3.8, 4) is 5.69 Å². The number of aromatic nitrogens is 4. The molecule has 0 aliphatic heterocycles. The standard InChI is InChI=1S/C18H16N6/c19-18-11-16(21-12-13-4-1-2-7-20-13)15-6-5-14(10-17(15)23-18)24-9-3-8-22-24/h1-11H,12H2,(H3,19,21,23). The van der Waals surface area contributed by atoms with Gasteiger partial charge in [0.25, 0.3) is 0 Å². The Morgan fingerprint density at radius 1 is 1.04 bits per heavy atom. The summed E-state index contributed by atoms with van der Waals surface area (Å²) in [7, 11) is 0. The van der Waals surface area contributed by atoms with Gasteiger partial charge in [-0.15, -0.1) is 0 Å². The van der Waals surface area contributed by atoms with Gasteiger partial charge in [-0.3, -0.25) is 4.98 Å². The van der Waals surface area contributed by atoms with Crippen LogP contribution in [0, 0.1) is 0 Å². The number of fused-ring (bicyclic) bond motifs is 1. The van der Waals surface area contributed by atoms with E-state index < -0.39 is 0 Å². The molecule has 0 amide bonds. The molecule has 0 saturated heterocycles. The molecule has 6 nitrogen and oxygen atoms in total. The van der Waals surface area contributed by atoms with E-state index in [-0.39, 0.29) is 0 Å². The summed E-state index contributed by atoms with van der Waals surface area (Å²) in [6.07, 6.45) is 5.43. The zero-order chi connectivity index (χ0) is 16.4. The molecular formula is C18H16N6. The molecule has 3 aromatic heterocycles. The van der Waals surface area contributed by atoms with Gasteiger partial charge in [0.15, 0.2) is 0 Å². The SMILES string of the molecule is Nc1cc(NCc2ccccn2)c2ccc(-n3cccn3)cc2n1. The second-order valence-electron chi connectivity index (χ2n) is 5.42. The van der Waals surface area contributed by atoms with Gasteiger partial charge in [-0.25, -0.2) is 9.67 Å². The van der Waals surface area contributed by atoms with E-state index in [9.17, 15) is 0 Å². The molecular weight excluding hydrogens is 300 g/mol. The minimum Gasteiger partial charge on any atom is -0.384 e. The lowest BCUT2D eigenvalue weighted by Gasteiger charge is -2.11. The highest BCUT2D eigenvalue weighted by Gasteiger charge is 2.07. The van der Waals surface area contributed by atoms with Crippen molar-refractivity contribution in [1.29, 1.82) is 0 Å². The number of rotatable bonds is 4. The maximum Gasteiger partial charge on any atom is 0.126 e. The highest BCUT2D eigenvalue weighted by Crippen LogP contribution is 2.26. The predicted molar refractivity (Wildman–Crippen MR) is 94.8 cm³/mol. The lowest BCUT2D eigenvalue weighted by atomic mass is 10.1. The third kappa shape index (κ3) is 2.77. The maximum atomic E-state index is 5.97. The Morgan fingerprint density at radius 2 is 2.00 bits per heavy atom. The van der Waals surface area contributed by atoms with Crippen LogP contribution in [0.1, 0.15) is 5.69 Å². The minimum absolute atomic E-state index is 0.476. The fraction of sp³-hybridized carbons (Fsp3) is 0.0556. The quantitative estimate of drug-likeness (QED) is 0.605. The molecule has 0 fully saturated rings. The monoisotopic (exact) mass is 316 g/mol. The highest BCUT2D eigenvalue weighted by atomic mass is 15.3. The molecule has 0 radical (unpaired) electrons. The van der Waals surface area contributed by atoms with Crippen LogP contribution in [0.15, 0.2) is 67.1 Å². The molecule has 118 valence electrons. The molecule has 4 aromatic rings. The second kappa shape index (κ2) is 6.00. The predicted octanol–water partition coefficient (Wildman–Crippen LogP) is 3.01. The van der Waals surface area contributed by atoms with Gasteiger partial charge in [-0.05, 0) is 36.4 Å². The Morgan fingerprint density at radius 3 is 2.79 bits per heavy atom. The molecule has 0 aliphatic rings. The Balaban J connectivity index is 1.70. The first kappa shape index (κ1) is 14.2. The summed E-state index contributed by atoms with van der Waals surface area (Å²) in [6, 6.07) is 15.6. The van der Waals surface area contributed by atoms with E-state index in [1.165, 1.54) is 0 Å². The number of nitrogens with one attached hydrogen (secondary N) is 1. The molecule has 0 aliphatic carbocycles. The number of nitrogens with zero attached hydrogens (tertiary/aromatic N) is 4. The normalized spacial score (nSPS) is 10.8. The average Bonchev–Trinajstić information content (AvgIpc) is 3.14. The molecule has 0 unspecified atom stereocenters. The van der Waals surface area contributed by atoms with Crippen LogP contribution in [-0.2, 0) is 6.54 Å². The van der Waals surface area contributed by atoms with Crippen molar-refractivity contribution in [3.63, 3.8) is 0 Å². The van der Waals surface area contributed by atoms with Crippen molar-refractivity contribution in [3.05, 3.63) is 72.8 Å². The molecule has 0 bridgehead atoms. The van der Waals surface area contributed by atoms with Gasteiger partial charge in [0.1, 0.15) is 5.82 Å². The van der Waals surface area contributed by atoms with Crippen LogP contribution in [0.3, 0.4) is 0 Å². The number of nitrogen functional groups attached to an aromatic ring is 1. The maximum absolute atomic E-state index is 5.97. The molecule has 0 atom stereocenters. The zero-order valence-corrected chi connectivity index (χ0v) is 12.9. The molecule has 24 heavy (non-hydrogen) atoms. The Kier molecular flexibility index (Phi) is 3.55. The average molecular weight is 316 g/mol. The van der Waals surface area contributed by atoms with Crippen molar-refractivity contribution in [2.24, 2.45) is 0 Å². The summed E-state index contributed by atoms with van der Waals surface area (Å²) in [5.74, 6) is 0.476. The number of hydrogen-bond donors (Lipinski definition) is 2. The van der Waals surface area contributed by atoms with Gasteiger partial charge < -0.3 is 11.1 Å². The fourth-order valence-corrected chi connectivity index (χ4v) is 2.64. The van der Waals surface area contributed by atoms with E-state index >= 15 is 0 Å². The van der Waals surface area contributed by atoms with Crippen LogP contribution < -0.4 is 11.1 Å². The van der Waals surface area contributed by atoms with Gasteiger partial charge in [0.05, 0.1) is 23.4 Å². The Bertz CT molecular complexity index is 964. The van der Waals surface area contributed by atoms with Crippen LogP contribution in [0.25, 0.3) is 16.6 Å². The Labute approximate surface area is 139 Å². The summed E-state index contributed by atoms with van der Waals surface area (Å²) in [6.45, 7) is 0.625. The van der Waals surface area contributed by atoms with Crippen LogP contribution >= 0.6 is 0 Å². The van der Waals surface area contributed by atoms with Gasteiger partial charge in [-0.1, -0.05) is 6.07 Å². The molecule has 0 spiro atoms. The lowest BCUT2D eigenvalue weighted by molar-refractivity contribution is 0.882. The summed E-state index contributed by atoms with van der Waals surface area (Å²) in [4.78, 5) is 8.77. The van der Waals surface area contributed by atoms with Crippen molar-refractivity contribution in [2.45, 2.75) is 6.54 Å². The molecule has 1 aromatic carbocycles. The van der Waals surface area contributed by atoms with E-state index in [1.807, 2.05) is 54.7 Å². The van der Waals surface area contributed by atoms with Crippen molar-refractivity contribution in [2.75, 3.05) is 11.1 Å². The van der Waals surface area contributed by atoms with Gasteiger partial charge in [0.2, 0.25) is 0 Å². The third-order valence-corrected chi connectivity index (χ3v) is 3.77. The number of benzene rings is 1. The van der Waals surface area contributed by atoms with Crippen LogP contribution in [-0.4, -0.2) is 19.7 Å². The minimum atomic E-state index is 0.476. The number of anilines is 2. The number of pyridine rings is 2. The molecule has 3 heterocycles. The van der Waals surface area contributed by atoms with Crippen LogP contribution in [0.2, 0.25) is 0 Å². The summed E-state index contributed by atoms with van der Waals surface area (Å²) in [5.41, 5.74) is 9.65. The summed E-state index contributed by atoms with van der Waals surface area (Å²) in [5, 5.41) is 8.65. The molecule has 6 heteroatoms. The van der Waals surface area contributed by atoms with Gasteiger partial charge in [0, 0.05) is 35.7 Å². The van der Waals surface area contributed by atoms with Crippen molar-refractivity contribution in [1.82, 2.24) is 19.7 Å². The van der Waals surface area contributed by atoms with E-state index in [4.69, 9.17) is 5.73 Å².